The fourth-order valence-corrected chi connectivity index (χ4v) is 3.58. The molecule has 0 bridgehead atoms. The van der Waals surface area contributed by atoms with Gasteiger partial charge in [-0.25, -0.2) is 4.79 Å². The summed E-state index contributed by atoms with van der Waals surface area (Å²) in [6, 6.07) is 27.0. The number of benzene rings is 3. The van der Waals surface area contributed by atoms with Gasteiger partial charge in [0.15, 0.2) is 0 Å². The van der Waals surface area contributed by atoms with E-state index in [4.69, 9.17) is 9.47 Å². The molecule has 3 aromatic rings. The van der Waals surface area contributed by atoms with E-state index in [1.165, 1.54) is 0 Å². The van der Waals surface area contributed by atoms with Crippen LogP contribution < -0.4 is 4.74 Å². The van der Waals surface area contributed by atoms with Gasteiger partial charge < -0.3 is 9.47 Å². The van der Waals surface area contributed by atoms with E-state index >= 15 is 0 Å². The van der Waals surface area contributed by atoms with Gasteiger partial charge in [0, 0.05) is 11.6 Å². The molecule has 4 nitrogen and oxygen atoms in total. The SMILES string of the molecule is C[C@H]1[C@H](c2ccccc2)O[C@@H](c2ccccc2OC(=O)c2ccccc2)N1C. The third-order valence-corrected chi connectivity index (χ3v) is 5.25. The lowest BCUT2D eigenvalue weighted by molar-refractivity contribution is 0.00396. The molecule has 0 saturated carbocycles. The summed E-state index contributed by atoms with van der Waals surface area (Å²) >= 11 is 0. The first-order valence-electron chi connectivity index (χ1n) is 9.43. The number of carbonyl (C=O) groups is 1. The number of hydrogen-bond acceptors (Lipinski definition) is 4. The molecule has 0 aromatic heterocycles. The van der Waals surface area contributed by atoms with Crippen LogP contribution >= 0.6 is 0 Å². The second-order valence-corrected chi connectivity index (χ2v) is 7.02. The smallest absolute Gasteiger partial charge is 0.343 e. The Bertz CT molecular complexity index is 942. The van der Waals surface area contributed by atoms with Crippen molar-refractivity contribution in [2.75, 3.05) is 7.05 Å². The normalized spacial score (nSPS) is 22.1. The number of rotatable bonds is 4. The van der Waals surface area contributed by atoms with Crippen molar-refractivity contribution in [2.45, 2.75) is 25.3 Å². The largest absolute Gasteiger partial charge is 0.422 e. The third-order valence-electron chi connectivity index (χ3n) is 5.25. The van der Waals surface area contributed by atoms with Crippen LogP contribution in [0.3, 0.4) is 0 Å². The van der Waals surface area contributed by atoms with Crippen LogP contribution in [0.4, 0.5) is 0 Å². The van der Waals surface area contributed by atoms with Crippen molar-refractivity contribution in [2.24, 2.45) is 0 Å². The summed E-state index contributed by atoms with van der Waals surface area (Å²) in [4.78, 5) is 14.7. The zero-order valence-electron chi connectivity index (χ0n) is 16.0. The van der Waals surface area contributed by atoms with Gasteiger partial charge in [0.25, 0.3) is 0 Å². The molecule has 0 unspecified atom stereocenters. The van der Waals surface area contributed by atoms with Gasteiger partial charge in [-0.3, -0.25) is 4.90 Å². The van der Waals surface area contributed by atoms with Gasteiger partial charge in [-0.05, 0) is 37.7 Å². The molecule has 3 atom stereocenters. The fraction of sp³-hybridized carbons (Fsp3) is 0.208. The van der Waals surface area contributed by atoms with Gasteiger partial charge in [0.1, 0.15) is 18.1 Å². The predicted molar refractivity (Wildman–Crippen MR) is 108 cm³/mol. The van der Waals surface area contributed by atoms with Crippen LogP contribution in [0, 0.1) is 0 Å². The molecule has 1 saturated heterocycles. The van der Waals surface area contributed by atoms with Crippen molar-refractivity contribution in [1.82, 2.24) is 4.90 Å². The summed E-state index contributed by atoms with van der Waals surface area (Å²) < 4.78 is 12.1. The molecule has 1 heterocycles. The number of likely N-dealkylation sites (N-methyl/N-ethyl adjacent to an activating group) is 1. The number of esters is 1. The first kappa shape index (κ1) is 18.4. The Morgan fingerprint density at radius 3 is 2.21 bits per heavy atom. The molecule has 0 spiro atoms. The summed E-state index contributed by atoms with van der Waals surface area (Å²) in [5, 5.41) is 0. The van der Waals surface area contributed by atoms with Crippen LogP contribution in [0.5, 0.6) is 5.75 Å². The molecule has 28 heavy (non-hydrogen) atoms. The van der Waals surface area contributed by atoms with Crippen molar-refractivity contribution in [1.29, 1.82) is 0 Å². The Balaban J connectivity index is 1.60. The highest BCUT2D eigenvalue weighted by atomic mass is 16.5. The highest BCUT2D eigenvalue weighted by molar-refractivity contribution is 5.91. The molecule has 4 heteroatoms. The Morgan fingerprint density at radius 2 is 1.50 bits per heavy atom. The van der Waals surface area contributed by atoms with Crippen molar-refractivity contribution in [3.8, 4) is 5.75 Å². The first-order chi connectivity index (χ1) is 13.6. The van der Waals surface area contributed by atoms with Crippen LogP contribution in [-0.4, -0.2) is 24.0 Å². The van der Waals surface area contributed by atoms with Crippen LogP contribution in [0.25, 0.3) is 0 Å². The van der Waals surface area contributed by atoms with Gasteiger partial charge >= 0.3 is 5.97 Å². The average Bonchev–Trinajstić information content (AvgIpc) is 3.04. The summed E-state index contributed by atoms with van der Waals surface area (Å²) in [7, 11) is 2.04. The molecule has 0 N–H and O–H groups in total. The Kier molecular flexibility index (Phi) is 5.24. The maximum atomic E-state index is 12.5. The minimum Gasteiger partial charge on any atom is -0.422 e. The topological polar surface area (TPSA) is 38.8 Å². The molecule has 0 aliphatic carbocycles. The zero-order chi connectivity index (χ0) is 19.5. The maximum Gasteiger partial charge on any atom is 0.343 e. The zero-order valence-corrected chi connectivity index (χ0v) is 16.0. The number of ether oxygens (including phenoxy) is 2. The van der Waals surface area contributed by atoms with Gasteiger partial charge in [-0.15, -0.1) is 0 Å². The Labute approximate surface area is 165 Å². The standard InChI is InChI=1S/C24H23NO3/c1-17-22(18-11-5-3-6-12-18)28-23(25(17)2)20-15-9-10-16-21(20)27-24(26)19-13-7-4-8-14-19/h3-17,22-23H,1-2H3/t17-,22+,23-/m0/s1. The summed E-state index contributed by atoms with van der Waals surface area (Å²) in [6.07, 6.45) is -0.339. The summed E-state index contributed by atoms with van der Waals surface area (Å²) in [5.41, 5.74) is 2.51. The maximum absolute atomic E-state index is 12.5. The van der Waals surface area contributed by atoms with Crippen LogP contribution in [0.15, 0.2) is 84.9 Å². The third kappa shape index (κ3) is 3.57. The number of hydrogen-bond donors (Lipinski definition) is 0. The quantitative estimate of drug-likeness (QED) is 0.477. The number of para-hydroxylation sites is 1. The van der Waals surface area contributed by atoms with E-state index in [9.17, 15) is 4.79 Å². The molecule has 142 valence electrons. The fourth-order valence-electron chi connectivity index (χ4n) is 3.58. The van der Waals surface area contributed by atoms with E-state index in [0.29, 0.717) is 11.3 Å². The molecule has 1 fully saturated rings. The van der Waals surface area contributed by atoms with E-state index in [2.05, 4.69) is 24.0 Å². The van der Waals surface area contributed by atoms with Gasteiger partial charge in [-0.1, -0.05) is 66.7 Å². The van der Waals surface area contributed by atoms with E-state index in [1.807, 2.05) is 67.7 Å². The lowest BCUT2D eigenvalue weighted by Crippen LogP contribution is -2.27. The molecule has 0 amide bonds. The van der Waals surface area contributed by atoms with E-state index < -0.39 is 0 Å². The van der Waals surface area contributed by atoms with Crippen LogP contribution in [0.2, 0.25) is 0 Å². The number of nitrogens with zero attached hydrogens (tertiary/aromatic N) is 1. The molecule has 4 rings (SSSR count). The molecule has 0 radical (unpaired) electrons. The lowest BCUT2D eigenvalue weighted by atomic mass is 10.0. The Hall–Kier alpha value is -2.95. The van der Waals surface area contributed by atoms with E-state index in [-0.39, 0.29) is 24.3 Å². The Morgan fingerprint density at radius 1 is 0.893 bits per heavy atom. The molecule has 1 aliphatic heterocycles. The lowest BCUT2D eigenvalue weighted by Gasteiger charge is -2.23. The van der Waals surface area contributed by atoms with Crippen LogP contribution in [-0.2, 0) is 4.74 Å². The van der Waals surface area contributed by atoms with Crippen molar-refractivity contribution in [3.05, 3.63) is 102 Å². The summed E-state index contributed by atoms with van der Waals surface area (Å²) in [5.74, 6) is 0.149. The second-order valence-electron chi connectivity index (χ2n) is 7.02. The van der Waals surface area contributed by atoms with Gasteiger partial charge in [0.05, 0.1) is 5.56 Å². The molecular formula is C24H23NO3. The monoisotopic (exact) mass is 373 g/mol. The van der Waals surface area contributed by atoms with Gasteiger partial charge in [0.2, 0.25) is 0 Å². The minimum atomic E-state index is -0.374. The predicted octanol–water partition coefficient (Wildman–Crippen LogP) is 5.00. The van der Waals surface area contributed by atoms with Crippen LogP contribution in [0.1, 0.15) is 40.7 Å². The van der Waals surface area contributed by atoms with Crippen molar-refractivity contribution >= 4 is 5.97 Å². The highest BCUT2D eigenvalue weighted by Gasteiger charge is 2.40. The van der Waals surface area contributed by atoms with Gasteiger partial charge in [-0.2, -0.15) is 0 Å². The minimum absolute atomic E-state index is 0.0471. The van der Waals surface area contributed by atoms with E-state index in [0.717, 1.165) is 11.1 Å². The highest BCUT2D eigenvalue weighted by Crippen LogP contribution is 2.43. The summed E-state index contributed by atoms with van der Waals surface area (Å²) in [6.45, 7) is 2.15. The first-order valence-corrected chi connectivity index (χ1v) is 9.43. The van der Waals surface area contributed by atoms with Crippen molar-refractivity contribution in [3.63, 3.8) is 0 Å². The molecule has 1 aliphatic rings. The van der Waals surface area contributed by atoms with Crippen molar-refractivity contribution < 1.29 is 14.3 Å². The molecular weight excluding hydrogens is 350 g/mol. The second kappa shape index (κ2) is 7.97. The van der Waals surface area contributed by atoms with E-state index in [1.54, 1.807) is 12.1 Å². The number of carbonyl (C=O) groups excluding carboxylic acids is 1. The molecule has 3 aromatic carbocycles. The average molecular weight is 373 g/mol.